The zero-order valence-electron chi connectivity index (χ0n) is 14.4. The van der Waals surface area contributed by atoms with Crippen molar-refractivity contribution in [2.45, 2.75) is 13.8 Å². The minimum absolute atomic E-state index is 0.216. The van der Waals surface area contributed by atoms with Crippen LogP contribution < -0.4 is 5.32 Å². The molecular formula is C22H20N2O. The molecule has 124 valence electrons. The Hall–Kier alpha value is -3.20. The molecule has 1 amide bonds. The number of aryl methyl sites for hydroxylation is 1. The lowest BCUT2D eigenvalue weighted by molar-refractivity contribution is 0.102. The monoisotopic (exact) mass is 328 g/mol. The first kappa shape index (κ1) is 16.7. The second kappa shape index (κ2) is 7.14. The van der Waals surface area contributed by atoms with E-state index in [0.29, 0.717) is 5.69 Å². The van der Waals surface area contributed by atoms with Crippen LogP contribution >= 0.6 is 0 Å². The van der Waals surface area contributed by atoms with Crippen molar-refractivity contribution in [1.29, 1.82) is 0 Å². The lowest BCUT2D eigenvalue weighted by Gasteiger charge is -2.13. The van der Waals surface area contributed by atoms with Crippen LogP contribution in [0.3, 0.4) is 0 Å². The van der Waals surface area contributed by atoms with Crippen molar-refractivity contribution in [3.63, 3.8) is 0 Å². The number of nitrogens with one attached hydrogen (secondary N) is 1. The molecule has 3 nitrogen and oxygen atoms in total. The number of rotatable bonds is 4. The molecule has 0 aliphatic rings. The van der Waals surface area contributed by atoms with Gasteiger partial charge in [-0.1, -0.05) is 61.2 Å². The first-order valence-corrected chi connectivity index (χ1v) is 8.16. The fourth-order valence-electron chi connectivity index (χ4n) is 2.80. The molecule has 1 aromatic heterocycles. The van der Waals surface area contributed by atoms with Crippen LogP contribution in [-0.2, 0) is 0 Å². The molecule has 0 radical (unpaired) electrons. The van der Waals surface area contributed by atoms with Gasteiger partial charge in [0.05, 0.1) is 0 Å². The van der Waals surface area contributed by atoms with Crippen molar-refractivity contribution < 1.29 is 4.79 Å². The van der Waals surface area contributed by atoms with E-state index in [4.69, 9.17) is 0 Å². The summed E-state index contributed by atoms with van der Waals surface area (Å²) in [7, 11) is 0. The molecular weight excluding hydrogens is 308 g/mol. The highest BCUT2D eigenvalue weighted by atomic mass is 16.1. The molecule has 1 heterocycles. The number of nitrogens with zero attached hydrogens (tertiary/aromatic N) is 1. The Balaban J connectivity index is 1.89. The van der Waals surface area contributed by atoms with Gasteiger partial charge in [0.2, 0.25) is 0 Å². The highest BCUT2D eigenvalue weighted by molar-refractivity contribution is 6.03. The number of pyridine rings is 1. The Bertz CT molecular complexity index is 930. The van der Waals surface area contributed by atoms with E-state index in [0.717, 1.165) is 33.6 Å². The normalized spacial score (nSPS) is 10.3. The number of hydrogen-bond acceptors (Lipinski definition) is 2. The summed E-state index contributed by atoms with van der Waals surface area (Å²) in [5.41, 5.74) is 6.16. The van der Waals surface area contributed by atoms with E-state index in [1.165, 1.54) is 0 Å². The summed E-state index contributed by atoms with van der Waals surface area (Å²) >= 11 is 0. The predicted octanol–water partition coefficient (Wildman–Crippen LogP) is 5.26. The van der Waals surface area contributed by atoms with Crippen molar-refractivity contribution in [1.82, 2.24) is 4.98 Å². The highest BCUT2D eigenvalue weighted by Gasteiger charge is 2.12. The van der Waals surface area contributed by atoms with Gasteiger partial charge in [-0.2, -0.15) is 0 Å². The number of benzene rings is 2. The smallest absolute Gasteiger partial charge is 0.274 e. The van der Waals surface area contributed by atoms with Gasteiger partial charge in [0, 0.05) is 11.4 Å². The van der Waals surface area contributed by atoms with Crippen molar-refractivity contribution in [3.05, 3.63) is 89.8 Å². The van der Waals surface area contributed by atoms with Gasteiger partial charge in [0.15, 0.2) is 0 Å². The van der Waals surface area contributed by atoms with Crippen LogP contribution in [0, 0.1) is 13.8 Å². The summed E-state index contributed by atoms with van der Waals surface area (Å²) < 4.78 is 0. The lowest BCUT2D eigenvalue weighted by atomic mass is 9.99. The average molecular weight is 328 g/mol. The summed E-state index contributed by atoms with van der Waals surface area (Å²) in [6.07, 6.45) is 1.73. The van der Waals surface area contributed by atoms with Crippen LogP contribution in [0.15, 0.2) is 67.2 Å². The Morgan fingerprint density at radius 2 is 1.76 bits per heavy atom. The van der Waals surface area contributed by atoms with E-state index >= 15 is 0 Å². The Morgan fingerprint density at radius 1 is 1.00 bits per heavy atom. The minimum Gasteiger partial charge on any atom is -0.320 e. The van der Waals surface area contributed by atoms with Crippen molar-refractivity contribution in [2.75, 3.05) is 5.32 Å². The Kier molecular flexibility index (Phi) is 4.75. The average Bonchev–Trinajstić information content (AvgIpc) is 2.64. The molecule has 0 aliphatic carbocycles. The van der Waals surface area contributed by atoms with E-state index < -0.39 is 0 Å². The molecule has 25 heavy (non-hydrogen) atoms. The van der Waals surface area contributed by atoms with Gasteiger partial charge >= 0.3 is 0 Å². The van der Waals surface area contributed by atoms with Gasteiger partial charge in [0.25, 0.3) is 5.91 Å². The molecule has 0 spiro atoms. The molecule has 0 aliphatic heterocycles. The van der Waals surface area contributed by atoms with E-state index in [2.05, 4.69) is 35.1 Å². The molecule has 0 unspecified atom stereocenters. The zero-order chi connectivity index (χ0) is 17.8. The minimum atomic E-state index is -0.216. The van der Waals surface area contributed by atoms with E-state index in [9.17, 15) is 4.79 Å². The van der Waals surface area contributed by atoms with E-state index in [1.807, 2.05) is 50.2 Å². The van der Waals surface area contributed by atoms with Crippen LogP contribution in [0.1, 0.15) is 27.3 Å². The molecule has 3 rings (SSSR count). The topological polar surface area (TPSA) is 42.0 Å². The maximum atomic E-state index is 12.6. The van der Waals surface area contributed by atoms with Crippen molar-refractivity contribution >= 4 is 17.7 Å². The maximum Gasteiger partial charge on any atom is 0.274 e. The van der Waals surface area contributed by atoms with Crippen LogP contribution in [0.4, 0.5) is 5.69 Å². The first-order valence-electron chi connectivity index (χ1n) is 8.16. The van der Waals surface area contributed by atoms with Gasteiger partial charge in [-0.25, -0.2) is 4.98 Å². The summed E-state index contributed by atoms with van der Waals surface area (Å²) in [4.78, 5) is 16.9. The lowest BCUT2D eigenvalue weighted by Crippen LogP contribution is -2.15. The van der Waals surface area contributed by atoms with Crippen LogP contribution in [-0.4, -0.2) is 10.9 Å². The first-order chi connectivity index (χ1) is 12.1. The molecule has 0 atom stereocenters. The third kappa shape index (κ3) is 3.50. The predicted molar refractivity (Wildman–Crippen MR) is 104 cm³/mol. The fourth-order valence-corrected chi connectivity index (χ4v) is 2.80. The summed E-state index contributed by atoms with van der Waals surface area (Å²) in [6.45, 7) is 7.63. The Morgan fingerprint density at radius 3 is 2.44 bits per heavy atom. The SMILES string of the molecule is C=Cc1ccc(C(=O)Nc2cccc(-c3ccccc3)c2C)nc1C. The van der Waals surface area contributed by atoms with Gasteiger partial charge in [-0.15, -0.1) is 0 Å². The standard InChI is InChI=1S/C22H20N2O/c1-4-17-13-14-21(23-16(17)3)22(25)24-20-12-8-11-19(15(20)2)18-9-6-5-7-10-18/h4-14H,1H2,2-3H3,(H,24,25). The van der Waals surface area contributed by atoms with Crippen LogP contribution in [0.5, 0.6) is 0 Å². The molecule has 0 bridgehead atoms. The molecule has 3 aromatic rings. The second-order valence-corrected chi connectivity index (χ2v) is 5.87. The third-order valence-corrected chi connectivity index (χ3v) is 4.25. The van der Waals surface area contributed by atoms with Gasteiger partial charge < -0.3 is 5.32 Å². The second-order valence-electron chi connectivity index (χ2n) is 5.87. The van der Waals surface area contributed by atoms with Crippen molar-refractivity contribution in [3.8, 4) is 11.1 Å². The molecule has 0 fully saturated rings. The fraction of sp³-hybridized carbons (Fsp3) is 0.0909. The Labute approximate surface area is 148 Å². The summed E-state index contributed by atoms with van der Waals surface area (Å²) in [6, 6.07) is 19.6. The number of amides is 1. The number of carbonyl (C=O) groups excluding carboxylic acids is 1. The van der Waals surface area contributed by atoms with Gasteiger partial charge in [0.1, 0.15) is 5.69 Å². The molecule has 0 saturated carbocycles. The van der Waals surface area contributed by atoms with Crippen LogP contribution in [0.25, 0.3) is 17.2 Å². The largest absolute Gasteiger partial charge is 0.320 e. The quantitative estimate of drug-likeness (QED) is 0.709. The highest BCUT2D eigenvalue weighted by Crippen LogP contribution is 2.28. The molecule has 0 saturated heterocycles. The summed E-state index contributed by atoms with van der Waals surface area (Å²) in [5, 5.41) is 2.97. The maximum absolute atomic E-state index is 12.6. The molecule has 1 N–H and O–H groups in total. The molecule has 2 aromatic carbocycles. The van der Waals surface area contributed by atoms with Crippen molar-refractivity contribution in [2.24, 2.45) is 0 Å². The van der Waals surface area contributed by atoms with E-state index in [1.54, 1.807) is 12.1 Å². The number of hydrogen-bond donors (Lipinski definition) is 1. The van der Waals surface area contributed by atoms with E-state index in [-0.39, 0.29) is 5.91 Å². The number of anilines is 1. The zero-order valence-corrected chi connectivity index (χ0v) is 14.4. The molecule has 3 heteroatoms. The third-order valence-electron chi connectivity index (χ3n) is 4.25. The van der Waals surface area contributed by atoms with Gasteiger partial charge in [-0.3, -0.25) is 4.79 Å². The number of carbonyl (C=O) groups is 1. The van der Waals surface area contributed by atoms with Gasteiger partial charge in [-0.05, 0) is 48.2 Å². The summed E-state index contributed by atoms with van der Waals surface area (Å²) in [5.74, 6) is -0.216. The van der Waals surface area contributed by atoms with Crippen LogP contribution in [0.2, 0.25) is 0 Å². The number of aromatic nitrogens is 1.